The number of nitrogens with zero attached hydrogens (tertiary/aromatic N) is 4. The highest BCUT2D eigenvalue weighted by Crippen LogP contribution is 2.34. The number of amides is 1. The second-order valence-corrected chi connectivity index (χ2v) is 11.3. The Morgan fingerprint density at radius 2 is 2.00 bits per heavy atom. The van der Waals surface area contributed by atoms with Crippen LogP contribution >= 0.6 is 0 Å². The van der Waals surface area contributed by atoms with Crippen molar-refractivity contribution in [1.82, 2.24) is 14.3 Å². The maximum absolute atomic E-state index is 12.3. The van der Waals surface area contributed by atoms with Crippen LogP contribution in [0.3, 0.4) is 0 Å². The quantitative estimate of drug-likeness (QED) is 0.433. The predicted molar refractivity (Wildman–Crippen MR) is 142 cm³/mol. The minimum atomic E-state index is -3.30. The third kappa shape index (κ3) is 7.30. The molecule has 11 heteroatoms. The number of benzene rings is 1. The zero-order valence-electron chi connectivity index (χ0n) is 20.4. The molecular formula is C25H38N6O4S. The number of carbonyl (C=O) groups excluding carboxylic acids is 1. The fourth-order valence-corrected chi connectivity index (χ4v) is 4.89. The van der Waals surface area contributed by atoms with Crippen molar-refractivity contribution in [1.29, 1.82) is 0 Å². The predicted octanol–water partition coefficient (Wildman–Crippen LogP) is 3.39. The summed E-state index contributed by atoms with van der Waals surface area (Å²) in [4.78, 5) is 23.1. The average Bonchev–Trinajstić information content (AvgIpc) is 3.63. The Labute approximate surface area is 214 Å². The zero-order valence-corrected chi connectivity index (χ0v) is 21.2. The van der Waals surface area contributed by atoms with Crippen LogP contribution in [0.15, 0.2) is 24.3 Å². The van der Waals surface area contributed by atoms with Gasteiger partial charge in [0.25, 0.3) is 0 Å². The number of ether oxygens (including phenoxy) is 1. The molecule has 3 N–H and O–H groups in total. The highest BCUT2D eigenvalue weighted by atomic mass is 32.2. The minimum Gasteiger partial charge on any atom is -0.463 e. The summed E-state index contributed by atoms with van der Waals surface area (Å²) in [6.45, 7) is 4.38. The average molecular weight is 519 g/mol. The molecule has 0 unspecified atom stereocenters. The lowest BCUT2D eigenvalue weighted by atomic mass is 10.1. The van der Waals surface area contributed by atoms with Crippen molar-refractivity contribution in [2.75, 3.05) is 41.9 Å². The molecule has 2 heterocycles. The lowest BCUT2D eigenvalue weighted by Crippen LogP contribution is -2.31. The number of hydrogen-bond acceptors (Lipinski definition) is 8. The van der Waals surface area contributed by atoms with Crippen molar-refractivity contribution in [3.63, 3.8) is 0 Å². The van der Waals surface area contributed by atoms with Crippen molar-refractivity contribution >= 4 is 33.3 Å². The van der Waals surface area contributed by atoms with E-state index in [1.807, 2.05) is 29.2 Å². The molecule has 1 fully saturated rings. The molecule has 0 spiro atoms. The van der Waals surface area contributed by atoms with Crippen molar-refractivity contribution in [3.8, 4) is 6.01 Å². The van der Waals surface area contributed by atoms with E-state index in [1.165, 1.54) is 6.26 Å². The highest BCUT2D eigenvalue weighted by molar-refractivity contribution is 7.88. The topological polar surface area (TPSA) is 131 Å². The molecule has 4 rings (SSSR count). The van der Waals surface area contributed by atoms with E-state index >= 15 is 0 Å². The molecule has 1 amide bonds. The van der Waals surface area contributed by atoms with Crippen LogP contribution in [0.4, 0.5) is 17.3 Å². The number of hydrogen-bond donors (Lipinski definition) is 2. The van der Waals surface area contributed by atoms with Crippen LogP contribution in [0.1, 0.15) is 57.6 Å². The molecule has 2 aliphatic rings. The Bertz CT molecular complexity index is 1170. The normalized spacial score (nSPS) is 15.6. The molecule has 36 heavy (non-hydrogen) atoms. The van der Waals surface area contributed by atoms with Crippen LogP contribution in [-0.2, 0) is 27.9 Å². The third-order valence-corrected chi connectivity index (χ3v) is 7.37. The van der Waals surface area contributed by atoms with Crippen LogP contribution in [0.5, 0.6) is 6.01 Å². The van der Waals surface area contributed by atoms with Gasteiger partial charge in [-0.1, -0.05) is 45.0 Å². The van der Waals surface area contributed by atoms with E-state index in [2.05, 4.69) is 22.2 Å². The number of anilines is 3. The number of sulfonamides is 1. The Hall–Kier alpha value is -2.92. The maximum atomic E-state index is 12.3. The first-order valence-electron chi connectivity index (χ1n) is 12.1. The molecule has 198 valence electrons. The van der Waals surface area contributed by atoms with Crippen LogP contribution in [0.2, 0.25) is 0 Å². The third-order valence-electron chi connectivity index (χ3n) is 6.15. The molecule has 1 aromatic carbocycles. The van der Waals surface area contributed by atoms with Crippen LogP contribution < -0.4 is 20.7 Å². The van der Waals surface area contributed by atoms with Gasteiger partial charge in [-0.25, -0.2) is 8.42 Å². The number of nitrogen functional groups attached to an aromatic ring is 1. The first-order valence-corrected chi connectivity index (χ1v) is 14.0. The van der Waals surface area contributed by atoms with E-state index in [0.29, 0.717) is 50.2 Å². The first kappa shape index (κ1) is 27.7. The van der Waals surface area contributed by atoms with Gasteiger partial charge in [-0.05, 0) is 36.3 Å². The standard InChI is InChI=1S/C24H34N6O4S.CH4/c1-3-4-12-34-24-27-22(25)21-23(28-24)29(11-10-20(31)26-21)14-18-6-5-7-19(13-18)16-30(35(2,32)33)15-17-8-9-17;/h5-7,13,17H,3-4,8-12,14-16H2,1-2H3,(H,26,31)(H2,25,27,28);1H4. The van der Waals surface area contributed by atoms with Gasteiger partial charge in [0.1, 0.15) is 5.69 Å². The Morgan fingerprint density at radius 1 is 1.25 bits per heavy atom. The van der Waals surface area contributed by atoms with Crippen molar-refractivity contribution in [2.24, 2.45) is 5.92 Å². The van der Waals surface area contributed by atoms with Gasteiger partial charge in [-0.2, -0.15) is 14.3 Å². The van der Waals surface area contributed by atoms with Gasteiger partial charge < -0.3 is 20.7 Å². The second kappa shape index (κ2) is 11.9. The van der Waals surface area contributed by atoms with Crippen molar-refractivity contribution < 1.29 is 17.9 Å². The lowest BCUT2D eigenvalue weighted by Gasteiger charge is -2.24. The molecule has 0 saturated heterocycles. The summed E-state index contributed by atoms with van der Waals surface area (Å²) in [5.74, 6) is 0.998. The van der Waals surface area contributed by atoms with Crippen molar-refractivity contribution in [2.45, 2.75) is 59.5 Å². The fourth-order valence-electron chi connectivity index (χ4n) is 4.02. The lowest BCUT2D eigenvalue weighted by molar-refractivity contribution is -0.115. The van der Waals surface area contributed by atoms with E-state index in [-0.39, 0.29) is 31.6 Å². The van der Waals surface area contributed by atoms with Gasteiger partial charge >= 0.3 is 6.01 Å². The molecule has 1 saturated carbocycles. The summed E-state index contributed by atoms with van der Waals surface area (Å²) in [7, 11) is -3.30. The molecular weight excluding hydrogens is 480 g/mol. The van der Waals surface area contributed by atoms with Crippen LogP contribution in [-0.4, -0.2) is 54.6 Å². The smallest absolute Gasteiger partial charge is 0.320 e. The van der Waals surface area contributed by atoms with E-state index in [0.717, 1.165) is 36.8 Å². The van der Waals surface area contributed by atoms with E-state index in [9.17, 15) is 13.2 Å². The van der Waals surface area contributed by atoms with Gasteiger partial charge in [0.15, 0.2) is 11.6 Å². The minimum absolute atomic E-state index is 0. The molecule has 1 aliphatic carbocycles. The summed E-state index contributed by atoms with van der Waals surface area (Å²) in [6, 6.07) is 8.05. The summed E-state index contributed by atoms with van der Waals surface area (Å²) in [6.07, 6.45) is 5.58. The number of unbranched alkanes of at least 4 members (excludes halogenated alkanes) is 1. The highest BCUT2D eigenvalue weighted by Gasteiger charge is 2.29. The van der Waals surface area contributed by atoms with E-state index < -0.39 is 10.0 Å². The number of fused-ring (bicyclic) bond motifs is 1. The monoisotopic (exact) mass is 518 g/mol. The summed E-state index contributed by atoms with van der Waals surface area (Å²) in [5.41, 5.74) is 8.45. The molecule has 2 aromatic rings. The van der Waals surface area contributed by atoms with E-state index in [4.69, 9.17) is 10.5 Å². The SMILES string of the molecule is C.CCCCOc1nc(N)c2c(n1)N(Cc1cccc(CN(CC3CC3)S(C)(=O)=O)c1)CCC(=O)N2. The molecule has 0 radical (unpaired) electrons. The maximum Gasteiger partial charge on any atom is 0.320 e. The molecule has 1 aromatic heterocycles. The number of aromatic nitrogens is 2. The Kier molecular flexibility index (Phi) is 9.13. The molecule has 0 atom stereocenters. The first-order chi connectivity index (χ1) is 16.7. The summed E-state index contributed by atoms with van der Waals surface area (Å²) >= 11 is 0. The zero-order chi connectivity index (χ0) is 25.0. The Morgan fingerprint density at radius 3 is 2.69 bits per heavy atom. The van der Waals surface area contributed by atoms with E-state index in [1.54, 1.807) is 4.31 Å². The van der Waals surface area contributed by atoms with Gasteiger partial charge in [-0.3, -0.25) is 4.79 Å². The number of rotatable bonds is 11. The second-order valence-electron chi connectivity index (χ2n) is 9.33. The molecule has 1 aliphatic heterocycles. The van der Waals surface area contributed by atoms with Gasteiger partial charge in [0.2, 0.25) is 15.9 Å². The number of nitrogens with one attached hydrogen (secondary N) is 1. The number of nitrogens with two attached hydrogens (primary N) is 1. The summed E-state index contributed by atoms with van der Waals surface area (Å²) < 4.78 is 31.9. The van der Waals surface area contributed by atoms with Crippen LogP contribution in [0.25, 0.3) is 0 Å². The fraction of sp³-hybridized carbons (Fsp3) is 0.560. The van der Waals surface area contributed by atoms with Gasteiger partial charge in [-0.15, -0.1) is 0 Å². The Balaban J connectivity index is 0.00000361. The molecule has 0 bridgehead atoms. The van der Waals surface area contributed by atoms with Crippen molar-refractivity contribution in [3.05, 3.63) is 35.4 Å². The summed E-state index contributed by atoms with van der Waals surface area (Å²) in [5, 5.41) is 2.82. The van der Waals surface area contributed by atoms with Crippen LogP contribution in [0, 0.1) is 5.92 Å². The number of carbonyl (C=O) groups is 1. The van der Waals surface area contributed by atoms with Gasteiger partial charge in [0, 0.05) is 32.6 Å². The van der Waals surface area contributed by atoms with Gasteiger partial charge in [0.05, 0.1) is 12.9 Å². The molecule has 10 nitrogen and oxygen atoms in total. The largest absolute Gasteiger partial charge is 0.463 e.